The van der Waals surface area contributed by atoms with E-state index in [1.807, 2.05) is 30.3 Å². The van der Waals surface area contributed by atoms with E-state index >= 15 is 0 Å². The number of hydrogen-bond acceptors (Lipinski definition) is 4. The SMILES string of the molecule is CC(Oc1ccc2oc(-c3ccccc3)nc2c1)C(=O)O. The summed E-state index contributed by atoms with van der Waals surface area (Å²) in [5.74, 6) is -0.0421. The maximum absolute atomic E-state index is 10.8. The monoisotopic (exact) mass is 283 g/mol. The van der Waals surface area contributed by atoms with Crippen LogP contribution in [-0.4, -0.2) is 22.2 Å². The molecule has 5 nitrogen and oxygen atoms in total. The van der Waals surface area contributed by atoms with Crippen molar-refractivity contribution < 1.29 is 19.1 Å². The van der Waals surface area contributed by atoms with Crippen molar-refractivity contribution in [3.05, 3.63) is 48.5 Å². The molecule has 0 aliphatic heterocycles. The zero-order valence-electron chi connectivity index (χ0n) is 11.3. The summed E-state index contributed by atoms with van der Waals surface area (Å²) in [4.78, 5) is 15.2. The van der Waals surface area contributed by atoms with Gasteiger partial charge in [-0.25, -0.2) is 9.78 Å². The molecule has 1 atom stereocenters. The third kappa shape index (κ3) is 2.72. The van der Waals surface area contributed by atoms with E-state index in [2.05, 4.69) is 4.98 Å². The van der Waals surface area contributed by atoms with Crippen LogP contribution >= 0.6 is 0 Å². The van der Waals surface area contributed by atoms with E-state index in [1.54, 1.807) is 18.2 Å². The lowest BCUT2D eigenvalue weighted by Crippen LogP contribution is -2.22. The molecular formula is C16H13NO4. The van der Waals surface area contributed by atoms with Gasteiger partial charge < -0.3 is 14.3 Å². The Morgan fingerprint density at radius 1 is 1.24 bits per heavy atom. The molecule has 2 aromatic carbocycles. The van der Waals surface area contributed by atoms with Crippen LogP contribution in [0, 0.1) is 0 Å². The number of nitrogens with zero attached hydrogens (tertiary/aromatic N) is 1. The first-order valence-corrected chi connectivity index (χ1v) is 6.49. The number of ether oxygens (including phenoxy) is 1. The Kier molecular flexibility index (Phi) is 3.31. The van der Waals surface area contributed by atoms with E-state index in [0.29, 0.717) is 22.7 Å². The molecule has 0 bridgehead atoms. The fourth-order valence-electron chi connectivity index (χ4n) is 1.94. The molecule has 1 unspecified atom stereocenters. The minimum Gasteiger partial charge on any atom is -0.479 e. The maximum Gasteiger partial charge on any atom is 0.344 e. The van der Waals surface area contributed by atoms with Gasteiger partial charge in [0.05, 0.1) is 0 Å². The minimum absolute atomic E-state index is 0.449. The van der Waals surface area contributed by atoms with E-state index in [0.717, 1.165) is 5.56 Å². The van der Waals surface area contributed by atoms with Gasteiger partial charge in [0.1, 0.15) is 11.3 Å². The van der Waals surface area contributed by atoms with Gasteiger partial charge in [0.15, 0.2) is 11.7 Å². The topological polar surface area (TPSA) is 72.6 Å². The van der Waals surface area contributed by atoms with E-state index < -0.39 is 12.1 Å². The fourth-order valence-corrected chi connectivity index (χ4v) is 1.94. The number of rotatable bonds is 4. The number of carbonyl (C=O) groups is 1. The van der Waals surface area contributed by atoms with Gasteiger partial charge in [0.25, 0.3) is 0 Å². The Bertz CT molecular complexity index is 779. The number of aliphatic carboxylic acids is 1. The number of benzene rings is 2. The molecule has 0 saturated heterocycles. The lowest BCUT2D eigenvalue weighted by atomic mass is 10.2. The zero-order chi connectivity index (χ0) is 14.8. The minimum atomic E-state index is -1.01. The molecule has 1 heterocycles. The van der Waals surface area contributed by atoms with Gasteiger partial charge in [-0.15, -0.1) is 0 Å². The van der Waals surface area contributed by atoms with Gasteiger partial charge in [-0.05, 0) is 31.2 Å². The van der Waals surface area contributed by atoms with Crippen molar-refractivity contribution in [1.29, 1.82) is 0 Å². The zero-order valence-corrected chi connectivity index (χ0v) is 11.3. The van der Waals surface area contributed by atoms with Crippen molar-refractivity contribution in [3.63, 3.8) is 0 Å². The molecule has 0 amide bonds. The third-order valence-corrected chi connectivity index (χ3v) is 3.04. The standard InChI is InChI=1S/C16H13NO4/c1-10(16(18)19)20-12-7-8-14-13(9-12)17-15(21-14)11-5-3-2-4-6-11/h2-10H,1H3,(H,18,19). The quantitative estimate of drug-likeness (QED) is 0.795. The molecule has 5 heteroatoms. The lowest BCUT2D eigenvalue weighted by Gasteiger charge is -2.09. The summed E-state index contributed by atoms with van der Waals surface area (Å²) in [5, 5.41) is 8.85. The van der Waals surface area contributed by atoms with Gasteiger partial charge >= 0.3 is 5.97 Å². The smallest absolute Gasteiger partial charge is 0.344 e. The highest BCUT2D eigenvalue weighted by atomic mass is 16.5. The Labute approximate surface area is 120 Å². The number of hydrogen-bond donors (Lipinski definition) is 1. The van der Waals surface area contributed by atoms with E-state index in [1.165, 1.54) is 6.92 Å². The molecule has 0 aliphatic rings. The summed E-state index contributed by atoms with van der Waals surface area (Å²) >= 11 is 0. The summed E-state index contributed by atoms with van der Waals surface area (Å²) in [6.45, 7) is 1.48. The summed E-state index contributed by atoms with van der Waals surface area (Å²) < 4.78 is 11.0. The van der Waals surface area contributed by atoms with Crippen LogP contribution in [0.25, 0.3) is 22.6 Å². The summed E-state index contributed by atoms with van der Waals surface area (Å²) in [5.41, 5.74) is 2.14. The van der Waals surface area contributed by atoms with Crippen LogP contribution in [0.2, 0.25) is 0 Å². The average Bonchev–Trinajstić information content (AvgIpc) is 2.91. The van der Waals surface area contributed by atoms with E-state index in [4.69, 9.17) is 14.3 Å². The molecule has 0 fully saturated rings. The molecule has 3 rings (SSSR count). The molecule has 1 N–H and O–H groups in total. The Hall–Kier alpha value is -2.82. The first kappa shape index (κ1) is 13.2. The summed E-state index contributed by atoms with van der Waals surface area (Å²) in [6, 6.07) is 14.6. The van der Waals surface area contributed by atoms with Crippen molar-refractivity contribution in [2.75, 3.05) is 0 Å². The molecule has 0 radical (unpaired) electrons. The Morgan fingerprint density at radius 2 is 2.00 bits per heavy atom. The van der Waals surface area contributed by atoms with Crippen molar-refractivity contribution in [2.24, 2.45) is 0 Å². The number of aromatic nitrogens is 1. The lowest BCUT2D eigenvalue weighted by molar-refractivity contribution is -0.144. The van der Waals surface area contributed by atoms with Crippen LogP contribution in [0.3, 0.4) is 0 Å². The second-order valence-electron chi connectivity index (χ2n) is 4.61. The predicted molar refractivity (Wildman–Crippen MR) is 77.2 cm³/mol. The molecule has 1 aromatic heterocycles. The van der Waals surface area contributed by atoms with E-state index in [9.17, 15) is 4.79 Å². The van der Waals surface area contributed by atoms with Crippen LogP contribution in [0.1, 0.15) is 6.92 Å². The second-order valence-corrected chi connectivity index (χ2v) is 4.61. The normalized spacial score (nSPS) is 12.2. The predicted octanol–water partition coefficient (Wildman–Crippen LogP) is 3.35. The highest BCUT2D eigenvalue weighted by molar-refractivity contribution is 5.78. The summed E-state index contributed by atoms with van der Waals surface area (Å²) in [7, 11) is 0. The molecule has 0 aliphatic carbocycles. The number of oxazole rings is 1. The molecule has 21 heavy (non-hydrogen) atoms. The van der Waals surface area contributed by atoms with Gasteiger partial charge in [0, 0.05) is 11.6 Å². The average molecular weight is 283 g/mol. The second kappa shape index (κ2) is 5.28. The molecule has 3 aromatic rings. The number of carboxylic acid groups (broad SMARTS) is 1. The van der Waals surface area contributed by atoms with Crippen molar-refractivity contribution in [2.45, 2.75) is 13.0 Å². The van der Waals surface area contributed by atoms with Crippen molar-refractivity contribution >= 4 is 17.1 Å². The first-order valence-electron chi connectivity index (χ1n) is 6.49. The third-order valence-electron chi connectivity index (χ3n) is 3.04. The van der Waals surface area contributed by atoms with E-state index in [-0.39, 0.29) is 0 Å². The first-order chi connectivity index (χ1) is 10.1. The van der Waals surface area contributed by atoms with Gasteiger partial charge in [-0.1, -0.05) is 18.2 Å². The van der Waals surface area contributed by atoms with Gasteiger partial charge in [-0.2, -0.15) is 0 Å². The number of fused-ring (bicyclic) bond motifs is 1. The molecule has 0 spiro atoms. The molecule has 0 saturated carbocycles. The van der Waals surface area contributed by atoms with Gasteiger partial charge in [-0.3, -0.25) is 0 Å². The van der Waals surface area contributed by atoms with Gasteiger partial charge in [0.2, 0.25) is 5.89 Å². The number of carboxylic acids is 1. The Balaban J connectivity index is 1.94. The highest BCUT2D eigenvalue weighted by Gasteiger charge is 2.14. The van der Waals surface area contributed by atoms with Crippen LogP contribution in [0.5, 0.6) is 5.75 Å². The fraction of sp³-hybridized carbons (Fsp3) is 0.125. The van der Waals surface area contributed by atoms with Crippen LogP contribution in [0.4, 0.5) is 0 Å². The largest absolute Gasteiger partial charge is 0.479 e. The highest BCUT2D eigenvalue weighted by Crippen LogP contribution is 2.27. The van der Waals surface area contributed by atoms with Crippen LogP contribution in [0.15, 0.2) is 52.9 Å². The van der Waals surface area contributed by atoms with Crippen molar-refractivity contribution in [3.8, 4) is 17.2 Å². The molecular weight excluding hydrogens is 270 g/mol. The summed E-state index contributed by atoms with van der Waals surface area (Å²) in [6.07, 6.45) is -0.914. The Morgan fingerprint density at radius 3 is 2.71 bits per heavy atom. The van der Waals surface area contributed by atoms with Crippen molar-refractivity contribution in [1.82, 2.24) is 4.98 Å². The molecule has 106 valence electrons. The van der Waals surface area contributed by atoms with Crippen LogP contribution < -0.4 is 4.74 Å². The van der Waals surface area contributed by atoms with Crippen LogP contribution in [-0.2, 0) is 4.79 Å². The maximum atomic E-state index is 10.8.